The van der Waals surface area contributed by atoms with E-state index in [2.05, 4.69) is 4.74 Å². The van der Waals surface area contributed by atoms with Gasteiger partial charge in [-0.25, -0.2) is 14.2 Å². The molecule has 7 heteroatoms. The van der Waals surface area contributed by atoms with Crippen LogP contribution in [0.3, 0.4) is 0 Å². The standard InChI is InChI=1S/C11H9N4O3/c1-14-2-3-15(6-14)10(13)8(5-12)7-4-9(16)18-11(7)17/h2-4,6,12-13H,1H3/q+1. The van der Waals surface area contributed by atoms with E-state index in [1.807, 2.05) is 5.87 Å². The fourth-order valence-electron chi connectivity index (χ4n) is 1.49. The lowest BCUT2D eigenvalue weighted by Gasteiger charge is -2.00. The van der Waals surface area contributed by atoms with Gasteiger partial charge >= 0.3 is 11.9 Å². The monoisotopic (exact) mass is 245 g/mol. The number of rotatable bonds is 2. The maximum absolute atomic E-state index is 11.4. The van der Waals surface area contributed by atoms with Crippen molar-refractivity contribution in [2.24, 2.45) is 7.05 Å². The van der Waals surface area contributed by atoms with Crippen molar-refractivity contribution in [2.75, 3.05) is 0 Å². The second kappa shape index (κ2) is 4.23. The zero-order chi connectivity index (χ0) is 13.3. The summed E-state index contributed by atoms with van der Waals surface area (Å²) in [6, 6.07) is 0. The van der Waals surface area contributed by atoms with Crippen LogP contribution in [0.25, 0.3) is 0 Å². The molecule has 1 aliphatic rings. The summed E-state index contributed by atoms with van der Waals surface area (Å²) in [6.07, 6.45) is 5.82. The van der Waals surface area contributed by atoms with Gasteiger partial charge in [-0.15, -0.1) is 0 Å². The molecule has 7 nitrogen and oxygen atoms in total. The Kier molecular flexibility index (Phi) is 2.75. The summed E-state index contributed by atoms with van der Waals surface area (Å²) in [6.45, 7) is 0. The summed E-state index contributed by atoms with van der Waals surface area (Å²) in [5.41, 5.74) is -0.224. The van der Waals surface area contributed by atoms with Gasteiger partial charge in [-0.1, -0.05) is 0 Å². The van der Waals surface area contributed by atoms with Crippen LogP contribution in [0.2, 0.25) is 0 Å². The van der Waals surface area contributed by atoms with Crippen LogP contribution in [0.15, 0.2) is 35.9 Å². The number of cyclic esters (lactones) is 2. The average molecular weight is 245 g/mol. The fourth-order valence-corrected chi connectivity index (χ4v) is 1.49. The van der Waals surface area contributed by atoms with Crippen LogP contribution >= 0.6 is 0 Å². The van der Waals surface area contributed by atoms with Crippen LogP contribution in [0, 0.1) is 10.8 Å². The number of aryl methyl sites for hydroxylation is 1. The molecule has 0 fully saturated rings. The molecule has 90 valence electrons. The Bertz CT molecular complexity index is 647. The maximum atomic E-state index is 11.4. The molecule has 1 aliphatic heterocycles. The molecule has 0 aromatic carbocycles. The van der Waals surface area contributed by atoms with E-state index in [0.29, 0.717) is 0 Å². The third kappa shape index (κ3) is 1.90. The summed E-state index contributed by atoms with van der Waals surface area (Å²) >= 11 is 0. The third-order valence-electron chi connectivity index (χ3n) is 2.33. The van der Waals surface area contributed by atoms with Crippen LogP contribution in [-0.2, 0) is 21.4 Å². The van der Waals surface area contributed by atoms with Gasteiger partial charge in [-0.3, -0.25) is 10.8 Å². The highest BCUT2D eigenvalue weighted by atomic mass is 16.6. The minimum atomic E-state index is -0.865. The Balaban J connectivity index is 2.40. The smallest absolute Gasteiger partial charge is 0.347 e. The summed E-state index contributed by atoms with van der Waals surface area (Å²) in [5, 5.41) is 15.1. The van der Waals surface area contributed by atoms with E-state index in [-0.39, 0.29) is 17.0 Å². The van der Waals surface area contributed by atoms with E-state index in [1.54, 1.807) is 30.3 Å². The highest BCUT2D eigenvalue weighted by Gasteiger charge is 2.31. The van der Waals surface area contributed by atoms with Gasteiger partial charge in [0.15, 0.2) is 0 Å². The second-order valence-corrected chi connectivity index (χ2v) is 3.60. The van der Waals surface area contributed by atoms with Crippen LogP contribution in [-0.4, -0.2) is 28.2 Å². The van der Waals surface area contributed by atoms with E-state index in [1.165, 1.54) is 4.57 Å². The topological polar surface area (TPSA) is 99.9 Å². The van der Waals surface area contributed by atoms with Crippen LogP contribution < -0.4 is 4.57 Å². The Morgan fingerprint density at radius 2 is 2.22 bits per heavy atom. The zero-order valence-corrected chi connectivity index (χ0v) is 9.43. The number of imidazole rings is 1. The molecule has 0 atom stereocenters. The van der Waals surface area contributed by atoms with E-state index in [4.69, 9.17) is 10.8 Å². The Morgan fingerprint density at radius 1 is 1.50 bits per heavy atom. The number of esters is 2. The molecule has 0 bridgehead atoms. The zero-order valence-electron chi connectivity index (χ0n) is 9.43. The molecule has 0 aliphatic carbocycles. The minimum absolute atomic E-state index is 0.0953. The molecule has 0 amide bonds. The van der Waals surface area contributed by atoms with Gasteiger partial charge in [0.25, 0.3) is 0 Å². The van der Waals surface area contributed by atoms with E-state index in [9.17, 15) is 9.59 Å². The van der Waals surface area contributed by atoms with E-state index in [0.717, 1.165) is 6.08 Å². The highest BCUT2D eigenvalue weighted by Crippen LogP contribution is 2.17. The molecule has 0 saturated carbocycles. The Morgan fingerprint density at radius 3 is 2.67 bits per heavy atom. The third-order valence-corrected chi connectivity index (χ3v) is 2.33. The lowest BCUT2D eigenvalue weighted by atomic mass is 10.1. The van der Waals surface area contributed by atoms with Gasteiger partial charge in [0.1, 0.15) is 18.0 Å². The molecule has 18 heavy (non-hydrogen) atoms. The Hall–Kier alpha value is -2.79. The SMILES string of the molecule is C[n+]1ccn(C(=N)C(=C=N)C2=CC(=O)OC2=O)c1. The molecule has 1 aromatic heterocycles. The first-order chi connectivity index (χ1) is 8.52. The van der Waals surface area contributed by atoms with Crippen molar-refractivity contribution in [1.29, 1.82) is 10.8 Å². The normalized spacial score (nSPS) is 13.9. The second-order valence-electron chi connectivity index (χ2n) is 3.60. The van der Waals surface area contributed by atoms with Crippen LogP contribution in [0.4, 0.5) is 0 Å². The molecule has 2 rings (SSSR count). The van der Waals surface area contributed by atoms with Gasteiger partial charge in [0.2, 0.25) is 12.2 Å². The van der Waals surface area contributed by atoms with Crippen molar-refractivity contribution in [1.82, 2.24) is 4.57 Å². The lowest BCUT2D eigenvalue weighted by Crippen LogP contribution is -2.25. The largest absolute Gasteiger partial charge is 0.386 e. The highest BCUT2D eigenvalue weighted by molar-refractivity contribution is 6.22. The van der Waals surface area contributed by atoms with Crippen LogP contribution in [0.5, 0.6) is 0 Å². The summed E-state index contributed by atoms with van der Waals surface area (Å²) < 4.78 is 7.42. The Labute approximate surface area is 102 Å². The molecule has 0 radical (unpaired) electrons. The molecule has 2 N–H and O–H groups in total. The van der Waals surface area contributed by atoms with Crippen LogP contribution in [0.1, 0.15) is 0 Å². The summed E-state index contributed by atoms with van der Waals surface area (Å²) in [5.74, 6) is 0.195. The van der Waals surface area contributed by atoms with Gasteiger partial charge in [0.05, 0.1) is 12.6 Å². The number of hydrogen-bond donors (Lipinski definition) is 2. The van der Waals surface area contributed by atoms with Crippen molar-refractivity contribution >= 4 is 23.6 Å². The molecule has 0 spiro atoms. The van der Waals surface area contributed by atoms with Crippen molar-refractivity contribution in [2.45, 2.75) is 0 Å². The first-order valence-electron chi connectivity index (χ1n) is 4.93. The minimum Gasteiger partial charge on any atom is -0.386 e. The molecule has 0 unspecified atom stereocenters. The van der Waals surface area contributed by atoms with Crippen molar-refractivity contribution in [3.05, 3.63) is 35.9 Å². The summed E-state index contributed by atoms with van der Waals surface area (Å²) in [4.78, 5) is 22.3. The molecular weight excluding hydrogens is 236 g/mol. The molecule has 0 saturated heterocycles. The van der Waals surface area contributed by atoms with E-state index < -0.39 is 11.9 Å². The number of carbonyl (C=O) groups is 2. The number of aromatic nitrogens is 2. The number of nitrogens with one attached hydrogen (secondary N) is 2. The fraction of sp³-hybridized carbons (Fsp3) is 0.0909. The molecular formula is C11H9N4O3+. The molecule has 1 aromatic rings. The van der Waals surface area contributed by atoms with E-state index >= 15 is 0 Å². The van der Waals surface area contributed by atoms with Gasteiger partial charge in [0, 0.05) is 6.08 Å². The summed E-state index contributed by atoms with van der Waals surface area (Å²) in [7, 11) is 1.77. The van der Waals surface area contributed by atoms with Gasteiger partial charge in [-0.05, 0) is 5.87 Å². The number of hydrogen-bond acceptors (Lipinski definition) is 5. The van der Waals surface area contributed by atoms with Gasteiger partial charge in [-0.2, -0.15) is 4.57 Å². The lowest BCUT2D eigenvalue weighted by molar-refractivity contribution is -0.670. The number of nitrogens with zero attached hydrogens (tertiary/aromatic N) is 2. The quantitative estimate of drug-likeness (QED) is 0.237. The first kappa shape index (κ1) is 11.7. The predicted molar refractivity (Wildman–Crippen MR) is 59.2 cm³/mol. The number of ether oxygens (including phenoxy) is 1. The van der Waals surface area contributed by atoms with Crippen molar-refractivity contribution < 1.29 is 18.9 Å². The molecule has 2 heterocycles. The average Bonchev–Trinajstić information content (AvgIpc) is 2.87. The van der Waals surface area contributed by atoms with Crippen molar-refractivity contribution in [3.8, 4) is 0 Å². The maximum Gasteiger partial charge on any atom is 0.347 e. The van der Waals surface area contributed by atoms with Gasteiger partial charge < -0.3 is 4.74 Å². The van der Waals surface area contributed by atoms with Crippen molar-refractivity contribution in [3.63, 3.8) is 0 Å². The predicted octanol–water partition coefficient (Wildman–Crippen LogP) is -0.677. The first-order valence-corrected chi connectivity index (χ1v) is 4.93. The number of carbonyl (C=O) groups excluding carboxylic acids is 2.